The zero-order valence-corrected chi connectivity index (χ0v) is 15.7. The highest BCUT2D eigenvalue weighted by Crippen LogP contribution is 2.56. The first kappa shape index (κ1) is 18.9. The molecule has 1 unspecified atom stereocenters. The molecule has 2 aliphatic carbocycles. The Hall–Kier alpha value is -1.42. The lowest BCUT2D eigenvalue weighted by Gasteiger charge is -2.42. The first-order chi connectivity index (χ1) is 11.1. The summed E-state index contributed by atoms with van der Waals surface area (Å²) < 4.78 is 5.81. The summed E-state index contributed by atoms with van der Waals surface area (Å²) in [7, 11) is 0. The average molecular weight is 334 g/mol. The van der Waals surface area contributed by atoms with Gasteiger partial charge in [0.15, 0.2) is 5.78 Å². The molecular formula is C20H30O4. The van der Waals surface area contributed by atoms with Gasteiger partial charge in [-0.3, -0.25) is 4.79 Å². The molecule has 1 fully saturated rings. The Morgan fingerprint density at radius 1 is 1.42 bits per heavy atom. The SMILES string of the molecule is CC=C(C)C(=O)O[C@H]1CC(C)=CC(=O)[C@@]2(C)CCC(O)(C(C)C)[C@H]12. The Labute approximate surface area is 145 Å². The molecule has 2 aliphatic rings. The molecule has 0 aromatic carbocycles. The number of fused-ring (bicyclic) bond motifs is 1. The standard InChI is InChI=1S/C20H30O4/c1-7-14(5)18(22)24-15-10-13(4)11-16(21)19(6)8-9-20(23,12(2)3)17(15)19/h7,11-12,15,17,23H,8-10H2,1-6H3/t15-,17+,19+,20?/m0/s1. The van der Waals surface area contributed by atoms with Gasteiger partial charge in [-0.05, 0) is 45.6 Å². The summed E-state index contributed by atoms with van der Waals surface area (Å²) in [4.78, 5) is 25.2. The van der Waals surface area contributed by atoms with Crippen molar-refractivity contribution in [3.8, 4) is 0 Å². The quantitative estimate of drug-likeness (QED) is 0.633. The normalized spacial score (nSPS) is 37.1. The molecule has 2 rings (SSSR count). The third-order valence-electron chi connectivity index (χ3n) is 6.12. The van der Waals surface area contributed by atoms with Crippen molar-refractivity contribution in [2.45, 2.75) is 72.5 Å². The van der Waals surface area contributed by atoms with E-state index in [-0.39, 0.29) is 23.6 Å². The lowest BCUT2D eigenvalue weighted by molar-refractivity contribution is -0.164. The first-order valence-corrected chi connectivity index (χ1v) is 8.84. The Balaban J connectivity index is 2.48. The fraction of sp³-hybridized carbons (Fsp3) is 0.700. The van der Waals surface area contributed by atoms with Crippen molar-refractivity contribution in [1.82, 2.24) is 0 Å². The van der Waals surface area contributed by atoms with Crippen LogP contribution in [0.2, 0.25) is 0 Å². The summed E-state index contributed by atoms with van der Waals surface area (Å²) in [5, 5.41) is 11.4. The Bertz CT molecular complexity index is 601. The molecule has 0 aliphatic heterocycles. The number of hydrogen-bond donors (Lipinski definition) is 1. The second-order valence-electron chi connectivity index (χ2n) is 8.02. The van der Waals surface area contributed by atoms with Gasteiger partial charge in [0.2, 0.25) is 0 Å². The van der Waals surface area contributed by atoms with Crippen molar-refractivity contribution < 1.29 is 19.4 Å². The molecule has 0 amide bonds. The van der Waals surface area contributed by atoms with Gasteiger partial charge in [0.1, 0.15) is 6.10 Å². The van der Waals surface area contributed by atoms with Gasteiger partial charge >= 0.3 is 5.97 Å². The van der Waals surface area contributed by atoms with E-state index in [9.17, 15) is 14.7 Å². The van der Waals surface area contributed by atoms with E-state index in [1.165, 1.54) is 0 Å². The number of ketones is 1. The van der Waals surface area contributed by atoms with Crippen LogP contribution in [0.25, 0.3) is 0 Å². The molecule has 4 heteroatoms. The molecule has 0 spiro atoms. The van der Waals surface area contributed by atoms with Crippen molar-refractivity contribution in [1.29, 1.82) is 0 Å². The highest BCUT2D eigenvalue weighted by molar-refractivity contribution is 5.96. The van der Waals surface area contributed by atoms with Gasteiger partial charge in [0.05, 0.1) is 5.60 Å². The molecule has 1 saturated carbocycles. The van der Waals surface area contributed by atoms with Gasteiger partial charge in [0, 0.05) is 23.3 Å². The lowest BCUT2D eigenvalue weighted by atomic mass is 9.67. The molecule has 0 aromatic heterocycles. The molecule has 0 heterocycles. The summed E-state index contributed by atoms with van der Waals surface area (Å²) in [6, 6.07) is 0. The van der Waals surface area contributed by atoms with E-state index in [1.54, 1.807) is 26.0 Å². The van der Waals surface area contributed by atoms with E-state index < -0.39 is 17.1 Å². The van der Waals surface area contributed by atoms with E-state index in [2.05, 4.69) is 0 Å². The minimum atomic E-state index is -1.00. The Kier molecular flexibility index (Phi) is 5.10. The monoisotopic (exact) mass is 334 g/mol. The van der Waals surface area contributed by atoms with Crippen LogP contribution < -0.4 is 0 Å². The topological polar surface area (TPSA) is 63.6 Å². The molecule has 4 atom stereocenters. The smallest absolute Gasteiger partial charge is 0.333 e. The number of rotatable bonds is 3. The highest BCUT2D eigenvalue weighted by atomic mass is 16.5. The number of allylic oxidation sites excluding steroid dienone is 2. The minimum Gasteiger partial charge on any atom is -0.458 e. The average Bonchev–Trinajstić information content (AvgIpc) is 2.74. The fourth-order valence-electron chi connectivity index (χ4n) is 4.32. The van der Waals surface area contributed by atoms with E-state index >= 15 is 0 Å². The van der Waals surface area contributed by atoms with Crippen molar-refractivity contribution in [2.24, 2.45) is 17.3 Å². The molecule has 1 N–H and O–H groups in total. The zero-order valence-electron chi connectivity index (χ0n) is 15.7. The van der Waals surface area contributed by atoms with Gasteiger partial charge in [-0.15, -0.1) is 0 Å². The maximum absolute atomic E-state index is 12.8. The van der Waals surface area contributed by atoms with Crippen LogP contribution in [-0.4, -0.2) is 28.6 Å². The van der Waals surface area contributed by atoms with E-state index in [0.717, 1.165) is 5.57 Å². The fourth-order valence-corrected chi connectivity index (χ4v) is 4.32. The second-order valence-corrected chi connectivity index (χ2v) is 8.02. The predicted octanol–water partition coefficient (Wildman–Crippen LogP) is 3.59. The summed E-state index contributed by atoms with van der Waals surface area (Å²) >= 11 is 0. The van der Waals surface area contributed by atoms with E-state index in [1.807, 2.05) is 27.7 Å². The predicted molar refractivity (Wildman–Crippen MR) is 93.3 cm³/mol. The second kappa shape index (κ2) is 6.47. The Morgan fingerprint density at radius 2 is 2.04 bits per heavy atom. The molecule has 0 bridgehead atoms. The third-order valence-corrected chi connectivity index (χ3v) is 6.12. The van der Waals surface area contributed by atoms with Crippen molar-refractivity contribution >= 4 is 11.8 Å². The summed E-state index contributed by atoms with van der Waals surface area (Å²) in [5.41, 5.74) is -0.249. The summed E-state index contributed by atoms with van der Waals surface area (Å²) in [6.45, 7) is 11.3. The van der Waals surface area contributed by atoms with Gasteiger partial charge in [0.25, 0.3) is 0 Å². The van der Waals surface area contributed by atoms with Crippen LogP contribution in [0, 0.1) is 17.3 Å². The molecule has 0 aromatic rings. The van der Waals surface area contributed by atoms with Gasteiger partial charge in [-0.25, -0.2) is 4.79 Å². The van der Waals surface area contributed by atoms with Crippen LogP contribution >= 0.6 is 0 Å². The van der Waals surface area contributed by atoms with Crippen LogP contribution in [0.1, 0.15) is 60.8 Å². The van der Waals surface area contributed by atoms with Crippen LogP contribution in [0.3, 0.4) is 0 Å². The molecule has 24 heavy (non-hydrogen) atoms. The van der Waals surface area contributed by atoms with Crippen LogP contribution in [0.15, 0.2) is 23.3 Å². The molecule has 134 valence electrons. The number of carbonyl (C=O) groups is 2. The van der Waals surface area contributed by atoms with Crippen LogP contribution in [0.4, 0.5) is 0 Å². The summed E-state index contributed by atoms with van der Waals surface area (Å²) in [5.74, 6) is -0.729. The maximum Gasteiger partial charge on any atom is 0.333 e. The van der Waals surface area contributed by atoms with Gasteiger partial charge in [-0.2, -0.15) is 0 Å². The number of esters is 1. The molecule has 4 nitrogen and oxygen atoms in total. The number of carbonyl (C=O) groups excluding carboxylic acids is 2. The maximum atomic E-state index is 12.8. The summed E-state index contributed by atoms with van der Waals surface area (Å²) in [6.07, 6.45) is 4.57. The van der Waals surface area contributed by atoms with Crippen molar-refractivity contribution in [3.05, 3.63) is 23.3 Å². The first-order valence-electron chi connectivity index (χ1n) is 8.84. The number of hydrogen-bond acceptors (Lipinski definition) is 4. The van der Waals surface area contributed by atoms with E-state index in [0.29, 0.717) is 24.8 Å². The molecular weight excluding hydrogens is 304 g/mol. The minimum absolute atomic E-state index is 0.0143. The van der Waals surface area contributed by atoms with Gasteiger partial charge < -0.3 is 9.84 Å². The number of ether oxygens (including phenoxy) is 1. The van der Waals surface area contributed by atoms with E-state index in [4.69, 9.17) is 4.74 Å². The van der Waals surface area contributed by atoms with Crippen LogP contribution in [-0.2, 0) is 14.3 Å². The lowest BCUT2D eigenvalue weighted by Crippen LogP contribution is -2.52. The Morgan fingerprint density at radius 3 is 2.58 bits per heavy atom. The third kappa shape index (κ3) is 2.97. The number of aliphatic hydroxyl groups is 1. The van der Waals surface area contributed by atoms with Crippen molar-refractivity contribution in [2.75, 3.05) is 0 Å². The highest BCUT2D eigenvalue weighted by Gasteiger charge is 2.62. The molecule has 0 saturated heterocycles. The zero-order chi connectivity index (χ0) is 18.3. The molecule has 0 radical (unpaired) electrons. The van der Waals surface area contributed by atoms with Crippen LogP contribution in [0.5, 0.6) is 0 Å². The van der Waals surface area contributed by atoms with Gasteiger partial charge in [-0.1, -0.05) is 32.4 Å². The largest absolute Gasteiger partial charge is 0.458 e. The van der Waals surface area contributed by atoms with Crippen molar-refractivity contribution in [3.63, 3.8) is 0 Å².